The maximum Gasteiger partial charge on any atom is 0.244 e. The average molecular weight is 341 g/mol. The molecule has 1 aromatic rings. The predicted octanol–water partition coefficient (Wildman–Crippen LogP) is 2.78. The Morgan fingerprint density at radius 1 is 1.08 bits per heavy atom. The third kappa shape index (κ3) is 5.15. The smallest absolute Gasteiger partial charge is 0.244 e. The molecule has 25 heavy (non-hydrogen) atoms. The van der Waals surface area contributed by atoms with Gasteiger partial charge in [-0.25, -0.2) is 0 Å². The largest absolute Gasteiger partial charge is 0.350 e. The van der Waals surface area contributed by atoms with Gasteiger partial charge in [-0.15, -0.1) is 0 Å². The fourth-order valence-corrected chi connectivity index (χ4v) is 3.74. The number of likely N-dealkylation sites (tertiary alicyclic amines) is 1. The van der Waals surface area contributed by atoms with E-state index in [1.54, 1.807) is 12.3 Å². The van der Waals surface area contributed by atoms with Crippen LogP contribution in [-0.4, -0.2) is 40.8 Å². The number of nitrogens with zero attached hydrogens (tertiary/aromatic N) is 2. The lowest BCUT2D eigenvalue weighted by molar-refractivity contribution is -0.137. The molecule has 5 nitrogen and oxygen atoms in total. The zero-order valence-corrected chi connectivity index (χ0v) is 14.7. The molecule has 134 valence electrons. The summed E-state index contributed by atoms with van der Waals surface area (Å²) in [4.78, 5) is 30.8. The van der Waals surface area contributed by atoms with Gasteiger partial charge in [0.25, 0.3) is 0 Å². The molecule has 2 heterocycles. The van der Waals surface area contributed by atoms with E-state index in [-0.39, 0.29) is 17.9 Å². The van der Waals surface area contributed by atoms with E-state index in [9.17, 15) is 9.59 Å². The zero-order chi connectivity index (χ0) is 17.5. The van der Waals surface area contributed by atoms with E-state index in [1.807, 2.05) is 23.1 Å². The van der Waals surface area contributed by atoms with E-state index in [1.165, 1.54) is 25.3 Å². The van der Waals surface area contributed by atoms with E-state index in [0.29, 0.717) is 5.91 Å². The average Bonchev–Trinajstić information content (AvgIpc) is 2.68. The van der Waals surface area contributed by atoms with Gasteiger partial charge in [-0.3, -0.25) is 14.6 Å². The van der Waals surface area contributed by atoms with Gasteiger partial charge in [-0.2, -0.15) is 0 Å². The van der Waals surface area contributed by atoms with E-state index < -0.39 is 0 Å². The van der Waals surface area contributed by atoms with Crippen LogP contribution >= 0.6 is 0 Å². The van der Waals surface area contributed by atoms with Crippen LogP contribution in [0, 0.1) is 5.92 Å². The van der Waals surface area contributed by atoms with Crippen molar-refractivity contribution in [2.24, 2.45) is 5.92 Å². The summed E-state index contributed by atoms with van der Waals surface area (Å²) in [6.45, 7) is 1.51. The second kappa shape index (κ2) is 8.79. The summed E-state index contributed by atoms with van der Waals surface area (Å²) in [6, 6.07) is 5.75. The van der Waals surface area contributed by atoms with Crippen LogP contribution in [0.4, 0.5) is 0 Å². The second-order valence-electron chi connectivity index (χ2n) is 7.03. The van der Waals surface area contributed by atoms with Crippen molar-refractivity contribution in [3.05, 3.63) is 36.2 Å². The molecule has 0 radical (unpaired) electrons. The highest BCUT2D eigenvalue weighted by molar-refractivity contribution is 5.91. The Balaban J connectivity index is 1.42. The summed E-state index contributed by atoms with van der Waals surface area (Å²) in [5.74, 6) is 0.475. The Kier molecular flexibility index (Phi) is 6.20. The van der Waals surface area contributed by atoms with Crippen LogP contribution in [0.5, 0.6) is 0 Å². The molecule has 0 unspecified atom stereocenters. The number of nitrogens with one attached hydrogen (secondary N) is 1. The standard InChI is InChI=1S/C20H27N3O2/c24-19(10-9-17-8-4-5-13-21-17)22-18-11-14-23(15-12-18)20(25)16-6-2-1-3-7-16/h4-5,8-10,13,16,18H,1-3,6-7,11-12,14-15H2,(H,22,24)/b10-9+. The molecule has 1 aromatic heterocycles. The second-order valence-corrected chi connectivity index (χ2v) is 7.03. The summed E-state index contributed by atoms with van der Waals surface area (Å²) in [5.41, 5.74) is 0.769. The molecule has 0 bridgehead atoms. The van der Waals surface area contributed by atoms with E-state index in [0.717, 1.165) is 44.5 Å². The number of aromatic nitrogens is 1. The number of piperidine rings is 1. The van der Waals surface area contributed by atoms with Gasteiger partial charge in [-0.1, -0.05) is 25.3 Å². The van der Waals surface area contributed by atoms with Crippen LogP contribution in [0.1, 0.15) is 50.6 Å². The molecule has 1 aliphatic heterocycles. The summed E-state index contributed by atoms with van der Waals surface area (Å²) in [5, 5.41) is 3.04. The van der Waals surface area contributed by atoms with Crippen molar-refractivity contribution in [1.82, 2.24) is 15.2 Å². The highest BCUT2D eigenvalue weighted by atomic mass is 16.2. The highest BCUT2D eigenvalue weighted by Crippen LogP contribution is 2.26. The number of amides is 2. The number of carbonyl (C=O) groups excluding carboxylic acids is 2. The van der Waals surface area contributed by atoms with Gasteiger partial charge < -0.3 is 10.2 Å². The molecule has 5 heteroatoms. The molecule has 1 saturated heterocycles. The Morgan fingerprint density at radius 3 is 2.52 bits per heavy atom. The maximum absolute atomic E-state index is 12.6. The van der Waals surface area contributed by atoms with Gasteiger partial charge in [0, 0.05) is 37.3 Å². The number of hydrogen-bond acceptors (Lipinski definition) is 3. The molecule has 2 aliphatic rings. The van der Waals surface area contributed by atoms with E-state index in [4.69, 9.17) is 0 Å². The lowest BCUT2D eigenvalue weighted by Gasteiger charge is -2.35. The van der Waals surface area contributed by atoms with Crippen molar-refractivity contribution in [3.63, 3.8) is 0 Å². The molecule has 2 fully saturated rings. The summed E-state index contributed by atoms with van der Waals surface area (Å²) >= 11 is 0. The predicted molar refractivity (Wildman–Crippen MR) is 97.6 cm³/mol. The number of carbonyl (C=O) groups is 2. The van der Waals surface area contributed by atoms with Crippen LogP contribution in [0.3, 0.4) is 0 Å². The van der Waals surface area contributed by atoms with Crippen LogP contribution in [-0.2, 0) is 9.59 Å². The molecular formula is C20H27N3O2. The van der Waals surface area contributed by atoms with Crippen LogP contribution < -0.4 is 5.32 Å². The Labute approximate surface area is 149 Å². The summed E-state index contributed by atoms with van der Waals surface area (Å²) in [6.07, 6.45) is 12.4. The molecule has 0 atom stereocenters. The molecule has 1 N–H and O–H groups in total. The van der Waals surface area contributed by atoms with Crippen molar-refractivity contribution >= 4 is 17.9 Å². The zero-order valence-electron chi connectivity index (χ0n) is 14.7. The number of hydrogen-bond donors (Lipinski definition) is 1. The van der Waals surface area contributed by atoms with Gasteiger partial charge in [-0.05, 0) is 43.9 Å². The molecule has 1 saturated carbocycles. The van der Waals surface area contributed by atoms with Gasteiger partial charge in [0.05, 0.1) is 5.69 Å². The first-order valence-electron chi connectivity index (χ1n) is 9.41. The van der Waals surface area contributed by atoms with Gasteiger partial charge >= 0.3 is 0 Å². The van der Waals surface area contributed by atoms with Crippen molar-refractivity contribution in [2.45, 2.75) is 51.0 Å². The fourth-order valence-electron chi connectivity index (χ4n) is 3.74. The molecule has 0 aromatic carbocycles. The third-order valence-electron chi connectivity index (χ3n) is 5.20. The molecule has 3 rings (SSSR count). The Bertz CT molecular complexity index is 601. The van der Waals surface area contributed by atoms with Crippen molar-refractivity contribution in [2.75, 3.05) is 13.1 Å². The Hall–Kier alpha value is -2.17. The van der Waals surface area contributed by atoms with E-state index >= 15 is 0 Å². The molecule has 2 amide bonds. The first-order chi connectivity index (χ1) is 12.2. The highest BCUT2D eigenvalue weighted by Gasteiger charge is 2.29. The minimum Gasteiger partial charge on any atom is -0.350 e. The minimum atomic E-state index is -0.0947. The fraction of sp³-hybridized carbons (Fsp3) is 0.550. The van der Waals surface area contributed by atoms with Crippen molar-refractivity contribution < 1.29 is 9.59 Å². The van der Waals surface area contributed by atoms with Crippen LogP contribution in [0.2, 0.25) is 0 Å². The SMILES string of the molecule is O=C(/C=C/c1ccccn1)NC1CCN(C(=O)C2CCCCC2)CC1. The Morgan fingerprint density at radius 2 is 1.84 bits per heavy atom. The van der Waals surface area contributed by atoms with Gasteiger partial charge in [0.1, 0.15) is 0 Å². The normalized spacial score (nSPS) is 19.9. The van der Waals surface area contributed by atoms with Crippen molar-refractivity contribution in [1.29, 1.82) is 0 Å². The minimum absolute atomic E-state index is 0.0947. The quantitative estimate of drug-likeness (QED) is 0.857. The number of pyridine rings is 1. The molecule has 0 spiro atoms. The first-order valence-corrected chi connectivity index (χ1v) is 9.41. The van der Waals surface area contributed by atoms with Gasteiger partial charge in [0.2, 0.25) is 11.8 Å². The van der Waals surface area contributed by atoms with Gasteiger partial charge in [0.15, 0.2) is 0 Å². The van der Waals surface area contributed by atoms with Crippen LogP contribution in [0.15, 0.2) is 30.5 Å². The third-order valence-corrected chi connectivity index (χ3v) is 5.20. The maximum atomic E-state index is 12.6. The summed E-state index contributed by atoms with van der Waals surface area (Å²) in [7, 11) is 0. The lowest BCUT2D eigenvalue weighted by atomic mass is 9.87. The topological polar surface area (TPSA) is 62.3 Å². The van der Waals surface area contributed by atoms with Crippen LogP contribution in [0.25, 0.3) is 6.08 Å². The lowest BCUT2D eigenvalue weighted by Crippen LogP contribution is -2.48. The molecule has 1 aliphatic carbocycles. The van der Waals surface area contributed by atoms with Crippen molar-refractivity contribution in [3.8, 4) is 0 Å². The number of rotatable bonds is 4. The first kappa shape index (κ1) is 17.6. The van der Waals surface area contributed by atoms with E-state index in [2.05, 4.69) is 10.3 Å². The monoisotopic (exact) mass is 341 g/mol. The summed E-state index contributed by atoms with van der Waals surface area (Å²) < 4.78 is 0. The molecular weight excluding hydrogens is 314 g/mol.